The van der Waals surface area contributed by atoms with Crippen molar-refractivity contribution >= 4 is 5.82 Å². The van der Waals surface area contributed by atoms with Gasteiger partial charge in [0.15, 0.2) is 5.69 Å². The topological polar surface area (TPSA) is 67.6 Å². The van der Waals surface area contributed by atoms with Crippen molar-refractivity contribution in [3.8, 4) is 6.07 Å². The number of hydrogen-bond acceptors (Lipinski definition) is 3. The molecule has 0 radical (unpaired) electrons. The number of aromatic nitrogens is 2. The molecular formula is C13H22N4. The molecule has 0 fully saturated rings. The molecule has 2 N–H and O–H groups in total. The van der Waals surface area contributed by atoms with Crippen molar-refractivity contribution in [1.29, 1.82) is 5.26 Å². The summed E-state index contributed by atoms with van der Waals surface area (Å²) in [4.78, 5) is 3.95. The van der Waals surface area contributed by atoms with Crippen LogP contribution in [-0.4, -0.2) is 9.55 Å². The zero-order chi connectivity index (χ0) is 12.5. The normalized spacial score (nSPS) is 10.4. The predicted molar refractivity (Wildman–Crippen MR) is 69.3 cm³/mol. The Morgan fingerprint density at radius 1 is 1.24 bits per heavy atom. The molecule has 1 aromatic rings. The fraction of sp³-hybridized carbons (Fsp3) is 0.692. The number of imidazole rings is 1. The van der Waals surface area contributed by atoms with Crippen LogP contribution in [0.4, 0.5) is 5.82 Å². The lowest BCUT2D eigenvalue weighted by Crippen LogP contribution is -2.02. The van der Waals surface area contributed by atoms with Crippen molar-refractivity contribution < 1.29 is 0 Å². The second kappa shape index (κ2) is 7.72. The van der Waals surface area contributed by atoms with Crippen LogP contribution in [-0.2, 0) is 6.54 Å². The van der Waals surface area contributed by atoms with Gasteiger partial charge >= 0.3 is 0 Å². The minimum Gasteiger partial charge on any atom is -0.383 e. The SMILES string of the molecule is CCCCCCCCCn1cnc(C#N)c1N. The number of rotatable bonds is 8. The highest BCUT2D eigenvalue weighted by molar-refractivity contribution is 5.44. The summed E-state index contributed by atoms with van der Waals surface area (Å²) in [5, 5.41) is 8.72. The van der Waals surface area contributed by atoms with E-state index in [0.717, 1.165) is 13.0 Å². The average Bonchev–Trinajstić information content (AvgIpc) is 2.69. The first-order chi connectivity index (χ1) is 8.29. The van der Waals surface area contributed by atoms with E-state index in [1.807, 2.05) is 10.6 Å². The van der Waals surface area contributed by atoms with Crippen molar-refractivity contribution in [1.82, 2.24) is 9.55 Å². The molecule has 1 rings (SSSR count). The summed E-state index contributed by atoms with van der Waals surface area (Å²) in [6.07, 6.45) is 10.6. The second-order valence-corrected chi connectivity index (χ2v) is 4.40. The van der Waals surface area contributed by atoms with Crippen LogP contribution in [0, 0.1) is 11.3 Å². The number of aryl methyl sites for hydroxylation is 1. The van der Waals surface area contributed by atoms with Gasteiger partial charge < -0.3 is 10.3 Å². The van der Waals surface area contributed by atoms with E-state index in [2.05, 4.69) is 11.9 Å². The van der Waals surface area contributed by atoms with Gasteiger partial charge in [0.1, 0.15) is 11.9 Å². The molecule has 4 nitrogen and oxygen atoms in total. The van der Waals surface area contributed by atoms with Gasteiger partial charge in [0.25, 0.3) is 0 Å². The molecule has 0 unspecified atom stereocenters. The molecule has 0 bridgehead atoms. The Morgan fingerprint density at radius 3 is 2.47 bits per heavy atom. The van der Waals surface area contributed by atoms with Crippen LogP contribution in [0.25, 0.3) is 0 Å². The van der Waals surface area contributed by atoms with E-state index < -0.39 is 0 Å². The van der Waals surface area contributed by atoms with E-state index in [4.69, 9.17) is 11.0 Å². The van der Waals surface area contributed by atoms with Gasteiger partial charge in [0, 0.05) is 6.54 Å². The first-order valence-electron chi connectivity index (χ1n) is 6.50. The number of nitrogens with zero attached hydrogens (tertiary/aromatic N) is 3. The van der Waals surface area contributed by atoms with Gasteiger partial charge in [-0.3, -0.25) is 0 Å². The van der Waals surface area contributed by atoms with E-state index in [9.17, 15) is 0 Å². The average molecular weight is 234 g/mol. The van der Waals surface area contributed by atoms with Crippen molar-refractivity contribution in [2.45, 2.75) is 58.4 Å². The minimum absolute atomic E-state index is 0.341. The molecule has 17 heavy (non-hydrogen) atoms. The molecule has 1 aromatic heterocycles. The highest BCUT2D eigenvalue weighted by atomic mass is 15.1. The molecule has 0 aliphatic heterocycles. The first-order valence-corrected chi connectivity index (χ1v) is 6.50. The van der Waals surface area contributed by atoms with Crippen LogP contribution in [0.3, 0.4) is 0 Å². The maximum Gasteiger partial charge on any atom is 0.182 e. The van der Waals surface area contributed by atoms with Crippen molar-refractivity contribution in [2.24, 2.45) is 0 Å². The fourth-order valence-corrected chi connectivity index (χ4v) is 1.90. The van der Waals surface area contributed by atoms with Crippen molar-refractivity contribution in [2.75, 3.05) is 5.73 Å². The molecular weight excluding hydrogens is 212 g/mol. The van der Waals surface area contributed by atoms with E-state index in [-0.39, 0.29) is 0 Å². The fourth-order valence-electron chi connectivity index (χ4n) is 1.90. The maximum absolute atomic E-state index is 8.72. The first kappa shape index (κ1) is 13.6. The summed E-state index contributed by atoms with van der Waals surface area (Å²) in [5.41, 5.74) is 6.11. The van der Waals surface area contributed by atoms with E-state index in [0.29, 0.717) is 11.5 Å². The van der Waals surface area contributed by atoms with Gasteiger partial charge in [-0.1, -0.05) is 45.4 Å². The zero-order valence-electron chi connectivity index (χ0n) is 10.7. The largest absolute Gasteiger partial charge is 0.383 e. The third-order valence-electron chi connectivity index (χ3n) is 2.99. The summed E-state index contributed by atoms with van der Waals surface area (Å²) < 4.78 is 1.87. The minimum atomic E-state index is 0.341. The molecule has 0 aromatic carbocycles. The molecule has 0 amide bonds. The number of nitrogens with two attached hydrogens (primary N) is 1. The quantitative estimate of drug-likeness (QED) is 0.703. The number of anilines is 1. The van der Waals surface area contributed by atoms with Gasteiger partial charge in [-0.2, -0.15) is 5.26 Å². The van der Waals surface area contributed by atoms with Gasteiger partial charge in [0.2, 0.25) is 0 Å². The van der Waals surface area contributed by atoms with E-state index >= 15 is 0 Å². The van der Waals surface area contributed by atoms with Gasteiger partial charge in [-0.25, -0.2) is 4.98 Å². The van der Waals surface area contributed by atoms with E-state index in [1.165, 1.54) is 38.5 Å². The van der Waals surface area contributed by atoms with Crippen LogP contribution >= 0.6 is 0 Å². The Bertz CT molecular complexity index is 362. The van der Waals surface area contributed by atoms with Gasteiger partial charge in [-0.15, -0.1) is 0 Å². The van der Waals surface area contributed by atoms with E-state index in [1.54, 1.807) is 6.33 Å². The molecule has 1 heterocycles. The third-order valence-corrected chi connectivity index (χ3v) is 2.99. The Labute approximate surface area is 103 Å². The zero-order valence-corrected chi connectivity index (χ0v) is 10.7. The lowest BCUT2D eigenvalue weighted by Gasteiger charge is -2.04. The Morgan fingerprint density at radius 2 is 1.88 bits per heavy atom. The van der Waals surface area contributed by atoms with Crippen LogP contribution in [0.1, 0.15) is 57.6 Å². The van der Waals surface area contributed by atoms with Crippen molar-refractivity contribution in [3.05, 3.63) is 12.0 Å². The highest BCUT2D eigenvalue weighted by Crippen LogP contribution is 2.12. The lowest BCUT2D eigenvalue weighted by atomic mass is 10.1. The molecule has 0 aliphatic carbocycles. The summed E-state index contributed by atoms with van der Waals surface area (Å²) in [7, 11) is 0. The highest BCUT2D eigenvalue weighted by Gasteiger charge is 2.05. The smallest absolute Gasteiger partial charge is 0.182 e. The Kier molecular flexibility index (Phi) is 6.16. The second-order valence-electron chi connectivity index (χ2n) is 4.40. The van der Waals surface area contributed by atoms with Gasteiger partial charge in [-0.05, 0) is 6.42 Å². The van der Waals surface area contributed by atoms with Crippen LogP contribution in [0.15, 0.2) is 6.33 Å². The maximum atomic E-state index is 8.72. The van der Waals surface area contributed by atoms with Crippen LogP contribution in [0.2, 0.25) is 0 Å². The number of unbranched alkanes of at least 4 members (excludes halogenated alkanes) is 6. The third kappa shape index (κ3) is 4.48. The monoisotopic (exact) mass is 234 g/mol. The standard InChI is InChI=1S/C13H22N4/c1-2-3-4-5-6-7-8-9-17-11-16-12(10-14)13(17)15/h11H,2-9,15H2,1H3. The summed E-state index contributed by atoms with van der Waals surface area (Å²) in [5.74, 6) is 0.499. The molecule has 94 valence electrons. The lowest BCUT2D eigenvalue weighted by molar-refractivity contribution is 0.552. The predicted octanol–water partition coefficient (Wildman–Crippen LogP) is 3.09. The van der Waals surface area contributed by atoms with Crippen LogP contribution in [0.5, 0.6) is 0 Å². The molecule has 0 atom stereocenters. The number of nitriles is 1. The molecule has 0 spiro atoms. The summed E-state index contributed by atoms with van der Waals surface area (Å²) in [6.45, 7) is 3.10. The molecule has 0 saturated carbocycles. The van der Waals surface area contributed by atoms with Gasteiger partial charge in [0.05, 0.1) is 6.33 Å². The van der Waals surface area contributed by atoms with Crippen LogP contribution < -0.4 is 5.73 Å². The number of hydrogen-bond donors (Lipinski definition) is 1. The summed E-state index contributed by atoms with van der Waals surface area (Å²) in [6, 6.07) is 1.98. The molecule has 0 aliphatic rings. The Balaban J connectivity index is 2.14. The number of nitrogen functional groups attached to an aromatic ring is 1. The molecule has 0 saturated heterocycles. The Hall–Kier alpha value is -1.50. The van der Waals surface area contributed by atoms with Crippen molar-refractivity contribution in [3.63, 3.8) is 0 Å². The molecule has 4 heteroatoms. The summed E-state index contributed by atoms with van der Waals surface area (Å²) >= 11 is 0.